The molecule has 0 atom stereocenters. The van der Waals surface area contributed by atoms with Gasteiger partial charge in [-0.2, -0.15) is 5.10 Å². The van der Waals surface area contributed by atoms with E-state index >= 15 is 0 Å². The van der Waals surface area contributed by atoms with E-state index in [0.717, 1.165) is 22.5 Å². The molecule has 2 aromatic heterocycles. The zero-order valence-electron chi connectivity index (χ0n) is 16.5. The van der Waals surface area contributed by atoms with Crippen molar-refractivity contribution in [2.45, 2.75) is 13.3 Å². The number of hydrogen-bond acceptors (Lipinski definition) is 6. The summed E-state index contributed by atoms with van der Waals surface area (Å²) in [6.07, 6.45) is 0.581. The van der Waals surface area contributed by atoms with Crippen molar-refractivity contribution in [3.8, 4) is 22.9 Å². The predicted octanol–water partition coefficient (Wildman–Crippen LogP) is 3.48. The molecule has 0 radical (unpaired) electrons. The first-order valence-corrected chi connectivity index (χ1v) is 9.81. The summed E-state index contributed by atoms with van der Waals surface area (Å²) in [7, 11) is 1.84. The van der Waals surface area contributed by atoms with E-state index in [9.17, 15) is 4.79 Å². The van der Waals surface area contributed by atoms with E-state index in [1.165, 1.54) is 0 Å². The molecule has 2 heterocycles. The van der Waals surface area contributed by atoms with Gasteiger partial charge in [-0.1, -0.05) is 17.7 Å². The van der Waals surface area contributed by atoms with Crippen LogP contribution in [0.25, 0.3) is 22.9 Å². The third-order valence-corrected chi connectivity index (χ3v) is 5.06. The van der Waals surface area contributed by atoms with Crippen LogP contribution in [0, 0.1) is 11.7 Å². The summed E-state index contributed by atoms with van der Waals surface area (Å²) in [6, 6.07) is 14.9. The van der Waals surface area contributed by atoms with Crippen molar-refractivity contribution in [3.63, 3.8) is 0 Å². The molecule has 2 aromatic carbocycles. The number of carbonyl (C=O) groups excluding carboxylic acids is 1. The molecule has 8 nitrogen and oxygen atoms in total. The highest BCUT2D eigenvalue weighted by molar-refractivity contribution is 7.71. The monoisotopic (exact) mass is 420 g/mol. The zero-order valence-corrected chi connectivity index (χ0v) is 17.4. The van der Waals surface area contributed by atoms with Crippen molar-refractivity contribution in [3.05, 3.63) is 70.3 Å². The number of nitrogens with one attached hydrogen (secondary N) is 2. The van der Waals surface area contributed by atoms with Gasteiger partial charge >= 0.3 is 0 Å². The van der Waals surface area contributed by atoms with E-state index in [4.69, 9.17) is 16.6 Å². The molecule has 0 bridgehead atoms. The quantitative estimate of drug-likeness (QED) is 0.463. The van der Waals surface area contributed by atoms with Crippen LogP contribution in [0.3, 0.4) is 0 Å². The van der Waals surface area contributed by atoms with Gasteiger partial charge in [0.25, 0.3) is 5.91 Å². The molecule has 0 aliphatic carbocycles. The number of aromatic amines is 1. The molecule has 0 saturated heterocycles. The highest BCUT2D eigenvalue weighted by Crippen LogP contribution is 2.24. The molecule has 0 spiro atoms. The number of nitrogens with zero attached hydrogens (tertiary/aromatic N) is 4. The Morgan fingerprint density at radius 1 is 1.13 bits per heavy atom. The molecule has 0 aliphatic heterocycles. The predicted molar refractivity (Wildman–Crippen MR) is 114 cm³/mol. The largest absolute Gasteiger partial charge is 0.416 e. The van der Waals surface area contributed by atoms with Crippen LogP contribution in [0.1, 0.15) is 21.7 Å². The highest BCUT2D eigenvalue weighted by atomic mass is 32.1. The summed E-state index contributed by atoms with van der Waals surface area (Å²) in [5.74, 6) is 1.49. The Morgan fingerprint density at radius 3 is 2.53 bits per heavy atom. The topological polar surface area (TPSA) is 102 Å². The van der Waals surface area contributed by atoms with Crippen LogP contribution in [0.4, 0.5) is 0 Å². The maximum atomic E-state index is 12.4. The number of benzene rings is 2. The van der Waals surface area contributed by atoms with E-state index < -0.39 is 0 Å². The first-order chi connectivity index (χ1) is 14.5. The van der Waals surface area contributed by atoms with Gasteiger partial charge in [-0.15, -0.1) is 10.2 Å². The molecule has 0 saturated carbocycles. The van der Waals surface area contributed by atoms with Gasteiger partial charge in [0.05, 0.1) is 0 Å². The average molecular weight is 420 g/mol. The smallest absolute Gasteiger partial charge is 0.251 e. The van der Waals surface area contributed by atoms with Gasteiger partial charge in [0, 0.05) is 36.7 Å². The van der Waals surface area contributed by atoms with E-state index in [-0.39, 0.29) is 5.91 Å². The molecule has 4 rings (SSSR count). The number of hydrogen-bond donors (Lipinski definition) is 2. The lowest BCUT2D eigenvalue weighted by Crippen LogP contribution is -2.26. The average Bonchev–Trinajstić information content (AvgIpc) is 3.37. The second kappa shape index (κ2) is 8.42. The van der Waals surface area contributed by atoms with Crippen LogP contribution in [-0.2, 0) is 13.5 Å². The first kappa shape index (κ1) is 19.7. The van der Waals surface area contributed by atoms with E-state index in [1.54, 1.807) is 28.8 Å². The lowest BCUT2D eigenvalue weighted by Gasteiger charge is -2.05. The number of H-pyrrole nitrogens is 1. The second-order valence-corrected chi connectivity index (χ2v) is 7.26. The highest BCUT2D eigenvalue weighted by Gasteiger charge is 2.12. The van der Waals surface area contributed by atoms with E-state index in [1.807, 2.05) is 38.2 Å². The van der Waals surface area contributed by atoms with E-state index in [0.29, 0.717) is 35.1 Å². The lowest BCUT2D eigenvalue weighted by atomic mass is 10.1. The summed E-state index contributed by atoms with van der Waals surface area (Å²) in [5, 5.41) is 18.0. The Kier molecular flexibility index (Phi) is 5.53. The fourth-order valence-corrected chi connectivity index (χ4v) is 3.14. The molecule has 152 valence electrons. The number of amides is 1. The maximum Gasteiger partial charge on any atom is 0.251 e. The molecule has 0 aliphatic rings. The Morgan fingerprint density at radius 2 is 1.87 bits per heavy atom. The van der Waals surface area contributed by atoms with Crippen molar-refractivity contribution < 1.29 is 9.21 Å². The normalized spacial score (nSPS) is 10.9. The molecule has 30 heavy (non-hydrogen) atoms. The van der Waals surface area contributed by atoms with E-state index in [2.05, 4.69) is 25.7 Å². The number of aromatic nitrogens is 5. The van der Waals surface area contributed by atoms with Crippen molar-refractivity contribution >= 4 is 18.1 Å². The first-order valence-electron chi connectivity index (χ1n) is 9.41. The second-order valence-electron chi connectivity index (χ2n) is 6.87. The molecular formula is C21H20N6O2S. The Hall–Kier alpha value is -3.59. The summed E-state index contributed by atoms with van der Waals surface area (Å²) < 4.78 is 8.13. The molecule has 0 unspecified atom stereocenters. The van der Waals surface area contributed by atoms with Crippen molar-refractivity contribution in [2.24, 2.45) is 7.05 Å². The third-order valence-electron chi connectivity index (χ3n) is 4.69. The molecule has 1 amide bonds. The van der Waals surface area contributed by atoms with Crippen LogP contribution < -0.4 is 5.32 Å². The van der Waals surface area contributed by atoms with Crippen LogP contribution in [0.2, 0.25) is 0 Å². The summed E-state index contributed by atoms with van der Waals surface area (Å²) >= 11 is 5.08. The summed E-state index contributed by atoms with van der Waals surface area (Å²) in [4.78, 5) is 12.4. The Labute approximate surface area is 178 Å². The van der Waals surface area contributed by atoms with Crippen molar-refractivity contribution in [2.75, 3.05) is 6.54 Å². The van der Waals surface area contributed by atoms with Crippen molar-refractivity contribution in [1.29, 1.82) is 0 Å². The van der Waals surface area contributed by atoms with Gasteiger partial charge in [-0.3, -0.25) is 9.89 Å². The summed E-state index contributed by atoms with van der Waals surface area (Å²) in [5.41, 5.74) is 3.29. The standard InChI is InChI=1S/C21H20N6O2S/c1-13-4-3-5-16(12-13)20-25-24-19(29-20)15-8-6-14(7-9-15)18(28)22-11-10-17-23-26-21(30)27(17)2/h3-9,12H,10-11H2,1-2H3,(H,22,28)(H,26,30). The SMILES string of the molecule is Cc1cccc(-c2nnc(-c3ccc(C(=O)NCCc4n[nH]c(=S)n4C)cc3)o2)c1. The molecule has 9 heteroatoms. The molecule has 2 N–H and O–H groups in total. The van der Waals surface area contributed by atoms with Gasteiger partial charge in [-0.25, -0.2) is 0 Å². The molecule has 4 aromatic rings. The zero-order chi connectivity index (χ0) is 21.1. The minimum atomic E-state index is -0.163. The summed E-state index contributed by atoms with van der Waals surface area (Å²) in [6.45, 7) is 2.47. The van der Waals surface area contributed by atoms with Gasteiger partial charge in [0.2, 0.25) is 11.8 Å². The maximum absolute atomic E-state index is 12.4. The van der Waals surface area contributed by atoms with Gasteiger partial charge in [0.15, 0.2) is 4.77 Å². The third kappa shape index (κ3) is 4.20. The fraction of sp³-hybridized carbons (Fsp3) is 0.190. The van der Waals surface area contributed by atoms with Gasteiger partial charge in [-0.05, 0) is 55.5 Å². The van der Waals surface area contributed by atoms with Crippen LogP contribution in [0.15, 0.2) is 52.9 Å². The minimum absolute atomic E-state index is 0.163. The van der Waals surface area contributed by atoms with Gasteiger partial charge < -0.3 is 14.3 Å². The number of rotatable bonds is 6. The Bertz CT molecular complexity index is 1240. The van der Waals surface area contributed by atoms with Crippen LogP contribution in [-0.4, -0.2) is 37.4 Å². The van der Waals surface area contributed by atoms with Crippen LogP contribution in [0.5, 0.6) is 0 Å². The minimum Gasteiger partial charge on any atom is -0.416 e. The number of aryl methyl sites for hydroxylation is 1. The molecule has 0 fully saturated rings. The van der Waals surface area contributed by atoms with Crippen molar-refractivity contribution in [1.82, 2.24) is 30.3 Å². The molecular weight excluding hydrogens is 400 g/mol. The lowest BCUT2D eigenvalue weighted by molar-refractivity contribution is 0.0954. The fourth-order valence-electron chi connectivity index (χ4n) is 2.99. The van der Waals surface area contributed by atoms with Gasteiger partial charge in [0.1, 0.15) is 5.82 Å². The Balaban J connectivity index is 1.39. The number of carbonyl (C=O) groups is 1. The van der Waals surface area contributed by atoms with Crippen LogP contribution >= 0.6 is 12.2 Å².